The lowest BCUT2D eigenvalue weighted by molar-refractivity contribution is -0.123. The van der Waals surface area contributed by atoms with Crippen LogP contribution in [0.3, 0.4) is 0 Å². The zero-order chi connectivity index (χ0) is 21.2. The lowest BCUT2D eigenvalue weighted by atomic mass is 10.0. The number of rotatable bonds is 5. The Bertz CT molecular complexity index is 1210. The van der Waals surface area contributed by atoms with Crippen LogP contribution in [0.15, 0.2) is 60.2 Å². The van der Waals surface area contributed by atoms with Crippen LogP contribution in [0.25, 0.3) is 21.0 Å². The summed E-state index contributed by atoms with van der Waals surface area (Å²) in [6.45, 7) is 5.86. The van der Waals surface area contributed by atoms with Crippen LogP contribution in [0.5, 0.6) is 0 Å². The van der Waals surface area contributed by atoms with Gasteiger partial charge in [-0.1, -0.05) is 36.4 Å². The van der Waals surface area contributed by atoms with Crippen molar-refractivity contribution in [2.24, 2.45) is 0 Å². The van der Waals surface area contributed by atoms with Crippen LogP contribution < -0.4 is 10.2 Å². The molecule has 5 rings (SSSR count). The first kappa shape index (κ1) is 19.9. The number of hydrogen-bond donors (Lipinski definition) is 1. The number of nitrogens with one attached hydrogen (secondary N) is 1. The molecular weight excluding hydrogens is 406 g/mol. The molecule has 1 saturated heterocycles. The highest BCUT2D eigenvalue weighted by molar-refractivity contribution is 7.16. The fraction of sp³-hybridized carbons (Fsp3) is 0.292. The number of carbonyl (C=O) groups excluding carboxylic acids is 1. The number of aromatic nitrogens is 2. The van der Waals surface area contributed by atoms with E-state index in [4.69, 9.17) is 0 Å². The topological polar surface area (TPSA) is 61.4 Å². The molecule has 31 heavy (non-hydrogen) atoms. The first-order valence-corrected chi connectivity index (χ1v) is 11.5. The Morgan fingerprint density at radius 1 is 1.06 bits per heavy atom. The highest BCUT2D eigenvalue weighted by Gasteiger charge is 2.22. The van der Waals surface area contributed by atoms with Gasteiger partial charge < -0.3 is 10.2 Å². The summed E-state index contributed by atoms with van der Waals surface area (Å²) in [6, 6.07) is 16.7. The van der Waals surface area contributed by atoms with Crippen molar-refractivity contribution < 1.29 is 4.79 Å². The van der Waals surface area contributed by atoms with E-state index < -0.39 is 0 Å². The molecule has 6 nitrogen and oxygen atoms in total. The second-order valence-corrected chi connectivity index (χ2v) is 8.89. The van der Waals surface area contributed by atoms with Crippen LogP contribution in [0.4, 0.5) is 5.82 Å². The monoisotopic (exact) mass is 431 g/mol. The van der Waals surface area contributed by atoms with Crippen LogP contribution >= 0.6 is 11.3 Å². The Labute approximate surface area is 185 Å². The second-order valence-electron chi connectivity index (χ2n) is 8.00. The number of piperazine rings is 1. The van der Waals surface area contributed by atoms with Crippen molar-refractivity contribution >= 4 is 44.1 Å². The fourth-order valence-electron chi connectivity index (χ4n) is 4.20. The van der Waals surface area contributed by atoms with E-state index in [2.05, 4.69) is 66.9 Å². The molecule has 1 atom stereocenters. The van der Waals surface area contributed by atoms with E-state index in [0.717, 1.165) is 47.8 Å². The number of fused-ring (bicyclic) bond motifs is 2. The molecule has 158 valence electrons. The summed E-state index contributed by atoms with van der Waals surface area (Å²) >= 11 is 1.64. The average Bonchev–Trinajstić information content (AvgIpc) is 3.28. The van der Waals surface area contributed by atoms with Crippen molar-refractivity contribution in [3.05, 3.63) is 65.8 Å². The maximum Gasteiger partial charge on any atom is 0.234 e. The number of carbonyl (C=O) groups is 1. The molecule has 0 spiro atoms. The molecule has 1 aliphatic heterocycles. The van der Waals surface area contributed by atoms with E-state index in [-0.39, 0.29) is 11.9 Å². The maximum absolute atomic E-state index is 12.7. The molecule has 0 radical (unpaired) electrons. The summed E-state index contributed by atoms with van der Waals surface area (Å²) in [5.41, 5.74) is 1.13. The summed E-state index contributed by atoms with van der Waals surface area (Å²) in [5, 5.41) is 8.74. The smallest absolute Gasteiger partial charge is 0.234 e. The third kappa shape index (κ3) is 4.24. The molecular formula is C24H25N5OS. The molecule has 2 aromatic carbocycles. The Kier molecular flexibility index (Phi) is 5.53. The zero-order valence-corrected chi connectivity index (χ0v) is 18.3. The van der Waals surface area contributed by atoms with E-state index in [9.17, 15) is 4.79 Å². The predicted octanol–water partition coefficient (Wildman–Crippen LogP) is 3.84. The van der Waals surface area contributed by atoms with Gasteiger partial charge >= 0.3 is 0 Å². The standard InChI is InChI=1S/C24H25N5OS/c1-17(19-7-6-18-4-2-3-5-20(18)14-19)27-22(30)15-28-9-11-29(12-10-28)23-21-8-13-31-24(21)26-16-25-23/h2-8,13-14,16-17H,9-12,15H2,1H3,(H,27,30). The molecule has 1 amide bonds. The van der Waals surface area contributed by atoms with Gasteiger partial charge in [-0.3, -0.25) is 9.69 Å². The third-order valence-corrected chi connectivity index (χ3v) is 6.75. The largest absolute Gasteiger partial charge is 0.353 e. The molecule has 7 heteroatoms. The summed E-state index contributed by atoms with van der Waals surface area (Å²) in [4.78, 5) is 27.0. The maximum atomic E-state index is 12.7. The minimum absolute atomic E-state index is 0.0220. The van der Waals surface area contributed by atoms with Crippen LogP contribution in [0, 0.1) is 0 Å². The zero-order valence-electron chi connectivity index (χ0n) is 17.5. The summed E-state index contributed by atoms with van der Waals surface area (Å²) < 4.78 is 0. The minimum atomic E-state index is -0.0220. The molecule has 1 unspecified atom stereocenters. The van der Waals surface area contributed by atoms with E-state index in [1.165, 1.54) is 10.8 Å². The van der Waals surface area contributed by atoms with Gasteiger partial charge in [0.25, 0.3) is 0 Å². The van der Waals surface area contributed by atoms with E-state index in [1.807, 2.05) is 19.1 Å². The molecule has 1 aliphatic rings. The van der Waals surface area contributed by atoms with Gasteiger partial charge in [0, 0.05) is 26.2 Å². The number of hydrogen-bond acceptors (Lipinski definition) is 6. The van der Waals surface area contributed by atoms with Crippen molar-refractivity contribution in [1.29, 1.82) is 0 Å². The lowest BCUT2D eigenvalue weighted by Crippen LogP contribution is -2.50. The number of benzene rings is 2. The molecule has 1 fully saturated rings. The Morgan fingerprint density at radius 3 is 2.71 bits per heavy atom. The van der Waals surface area contributed by atoms with Crippen molar-refractivity contribution in [3.63, 3.8) is 0 Å². The third-order valence-electron chi connectivity index (χ3n) is 5.93. The SMILES string of the molecule is CC(NC(=O)CN1CCN(c2ncnc3sccc23)CC1)c1ccc2ccccc2c1. The van der Waals surface area contributed by atoms with Gasteiger partial charge in [-0.15, -0.1) is 11.3 Å². The molecule has 0 bridgehead atoms. The number of anilines is 1. The predicted molar refractivity (Wildman–Crippen MR) is 127 cm³/mol. The normalized spacial score (nSPS) is 16.0. The van der Waals surface area contributed by atoms with Gasteiger partial charge in [-0.25, -0.2) is 9.97 Å². The van der Waals surface area contributed by atoms with Gasteiger partial charge in [0.2, 0.25) is 5.91 Å². The van der Waals surface area contributed by atoms with Gasteiger partial charge in [0.05, 0.1) is 18.0 Å². The van der Waals surface area contributed by atoms with Crippen LogP contribution in [0.2, 0.25) is 0 Å². The molecule has 2 aromatic heterocycles. The summed E-state index contributed by atoms with van der Waals surface area (Å²) in [7, 11) is 0. The van der Waals surface area contributed by atoms with Crippen molar-refractivity contribution in [3.8, 4) is 0 Å². The van der Waals surface area contributed by atoms with E-state index in [1.54, 1.807) is 17.7 Å². The van der Waals surface area contributed by atoms with E-state index >= 15 is 0 Å². The Hall–Kier alpha value is -3.03. The Balaban J connectivity index is 1.16. The number of thiophene rings is 1. The second kappa shape index (κ2) is 8.61. The van der Waals surface area contributed by atoms with Gasteiger partial charge in [0.15, 0.2) is 0 Å². The summed E-state index contributed by atoms with van der Waals surface area (Å²) in [6.07, 6.45) is 1.64. The van der Waals surface area contributed by atoms with Crippen LogP contribution in [-0.2, 0) is 4.79 Å². The molecule has 0 aliphatic carbocycles. The molecule has 0 saturated carbocycles. The Morgan fingerprint density at radius 2 is 1.87 bits per heavy atom. The molecule has 3 heterocycles. The number of amides is 1. The minimum Gasteiger partial charge on any atom is -0.353 e. The van der Waals surface area contributed by atoms with Gasteiger partial charge in [-0.2, -0.15) is 0 Å². The lowest BCUT2D eigenvalue weighted by Gasteiger charge is -2.35. The van der Waals surface area contributed by atoms with Crippen molar-refractivity contribution in [1.82, 2.24) is 20.2 Å². The van der Waals surface area contributed by atoms with E-state index in [0.29, 0.717) is 6.54 Å². The van der Waals surface area contributed by atoms with Gasteiger partial charge in [0.1, 0.15) is 17.0 Å². The summed E-state index contributed by atoms with van der Waals surface area (Å²) in [5.74, 6) is 1.07. The van der Waals surface area contributed by atoms with Crippen molar-refractivity contribution in [2.75, 3.05) is 37.6 Å². The fourth-order valence-corrected chi connectivity index (χ4v) is 4.92. The van der Waals surface area contributed by atoms with Crippen LogP contribution in [-0.4, -0.2) is 53.5 Å². The quantitative estimate of drug-likeness (QED) is 0.520. The number of nitrogens with zero attached hydrogens (tertiary/aromatic N) is 4. The average molecular weight is 432 g/mol. The van der Waals surface area contributed by atoms with Gasteiger partial charge in [-0.05, 0) is 40.8 Å². The van der Waals surface area contributed by atoms with Crippen LogP contribution in [0.1, 0.15) is 18.5 Å². The first-order valence-electron chi connectivity index (χ1n) is 10.6. The highest BCUT2D eigenvalue weighted by Crippen LogP contribution is 2.27. The highest BCUT2D eigenvalue weighted by atomic mass is 32.1. The molecule has 4 aromatic rings. The van der Waals surface area contributed by atoms with Crippen molar-refractivity contribution in [2.45, 2.75) is 13.0 Å². The first-order chi connectivity index (χ1) is 15.2. The molecule has 1 N–H and O–H groups in total.